The molecule has 3 heteroatoms. The second kappa shape index (κ2) is 3.54. The van der Waals surface area contributed by atoms with Gasteiger partial charge >= 0.3 is 5.69 Å². The third kappa shape index (κ3) is 1.48. The average molecular weight is 188 g/mol. The van der Waals surface area contributed by atoms with E-state index in [-0.39, 0.29) is 5.69 Å². The maximum Gasteiger partial charge on any atom is 0.325 e. The Morgan fingerprint density at radius 3 is 2.57 bits per heavy atom. The molecule has 0 aliphatic heterocycles. The SMILES string of the molecule is CCn1cc(-c2ccccc2)[nH]c1=O. The number of aromatic nitrogens is 2. The molecule has 3 nitrogen and oxygen atoms in total. The number of nitrogens with zero attached hydrogens (tertiary/aromatic N) is 1. The third-order valence-corrected chi connectivity index (χ3v) is 2.21. The largest absolute Gasteiger partial charge is 0.325 e. The summed E-state index contributed by atoms with van der Waals surface area (Å²) in [6.07, 6.45) is 1.84. The third-order valence-electron chi connectivity index (χ3n) is 2.21. The van der Waals surface area contributed by atoms with Crippen LogP contribution in [0, 0.1) is 0 Å². The van der Waals surface area contributed by atoms with E-state index in [2.05, 4.69) is 4.98 Å². The highest BCUT2D eigenvalue weighted by molar-refractivity contribution is 5.57. The highest BCUT2D eigenvalue weighted by Crippen LogP contribution is 2.13. The van der Waals surface area contributed by atoms with Gasteiger partial charge in [0.2, 0.25) is 0 Å². The van der Waals surface area contributed by atoms with Crippen molar-refractivity contribution in [2.45, 2.75) is 13.5 Å². The second-order valence-electron chi connectivity index (χ2n) is 3.12. The molecule has 0 radical (unpaired) electrons. The van der Waals surface area contributed by atoms with Crippen LogP contribution in [-0.2, 0) is 6.54 Å². The summed E-state index contributed by atoms with van der Waals surface area (Å²) in [6, 6.07) is 9.82. The fourth-order valence-electron chi connectivity index (χ4n) is 1.43. The summed E-state index contributed by atoms with van der Waals surface area (Å²) in [5.74, 6) is 0. The Hall–Kier alpha value is -1.77. The van der Waals surface area contributed by atoms with Crippen molar-refractivity contribution >= 4 is 0 Å². The van der Waals surface area contributed by atoms with Crippen molar-refractivity contribution in [3.63, 3.8) is 0 Å². The molecule has 0 spiro atoms. The molecule has 0 fully saturated rings. The van der Waals surface area contributed by atoms with Crippen LogP contribution >= 0.6 is 0 Å². The van der Waals surface area contributed by atoms with E-state index in [1.54, 1.807) is 4.57 Å². The first kappa shape index (κ1) is 8.81. The van der Waals surface area contributed by atoms with Crippen molar-refractivity contribution in [3.05, 3.63) is 47.0 Å². The number of hydrogen-bond acceptors (Lipinski definition) is 1. The highest BCUT2D eigenvalue weighted by Gasteiger charge is 2.02. The molecule has 0 bridgehead atoms. The predicted molar refractivity (Wildman–Crippen MR) is 56.2 cm³/mol. The summed E-state index contributed by atoms with van der Waals surface area (Å²) in [5, 5.41) is 0. The Morgan fingerprint density at radius 1 is 1.29 bits per heavy atom. The quantitative estimate of drug-likeness (QED) is 0.767. The van der Waals surface area contributed by atoms with E-state index in [9.17, 15) is 4.79 Å². The Balaban J connectivity index is 2.48. The van der Waals surface area contributed by atoms with E-state index < -0.39 is 0 Å². The summed E-state index contributed by atoms with van der Waals surface area (Å²) in [5.41, 5.74) is 1.86. The smallest absolute Gasteiger partial charge is 0.306 e. The lowest BCUT2D eigenvalue weighted by Crippen LogP contribution is -2.14. The molecule has 72 valence electrons. The molecule has 2 aromatic rings. The van der Waals surface area contributed by atoms with Crippen molar-refractivity contribution in [1.29, 1.82) is 0 Å². The van der Waals surface area contributed by atoms with Gasteiger partial charge in [-0.1, -0.05) is 30.3 Å². The molecular formula is C11H12N2O. The Kier molecular flexibility index (Phi) is 2.23. The van der Waals surface area contributed by atoms with Gasteiger partial charge in [-0.2, -0.15) is 0 Å². The number of imidazole rings is 1. The van der Waals surface area contributed by atoms with Crippen LogP contribution in [0.3, 0.4) is 0 Å². The zero-order valence-corrected chi connectivity index (χ0v) is 8.03. The molecule has 1 aromatic carbocycles. The average Bonchev–Trinajstić information content (AvgIpc) is 2.61. The molecule has 0 saturated carbocycles. The van der Waals surface area contributed by atoms with Gasteiger partial charge in [-0.05, 0) is 12.5 Å². The Labute approximate surface area is 82.0 Å². The van der Waals surface area contributed by atoms with Crippen LogP contribution in [0.4, 0.5) is 0 Å². The van der Waals surface area contributed by atoms with Crippen LogP contribution < -0.4 is 5.69 Å². The van der Waals surface area contributed by atoms with Gasteiger partial charge in [0, 0.05) is 12.7 Å². The minimum atomic E-state index is -0.0497. The highest BCUT2D eigenvalue weighted by atomic mass is 16.1. The van der Waals surface area contributed by atoms with Crippen molar-refractivity contribution in [1.82, 2.24) is 9.55 Å². The van der Waals surface area contributed by atoms with Gasteiger partial charge < -0.3 is 4.98 Å². The summed E-state index contributed by atoms with van der Waals surface area (Å²) in [6.45, 7) is 2.65. The first-order valence-corrected chi connectivity index (χ1v) is 4.66. The molecule has 1 N–H and O–H groups in total. The van der Waals surface area contributed by atoms with E-state index in [0.717, 1.165) is 11.3 Å². The Morgan fingerprint density at radius 2 is 2.00 bits per heavy atom. The molecule has 1 aromatic heterocycles. The monoisotopic (exact) mass is 188 g/mol. The van der Waals surface area contributed by atoms with Crippen molar-refractivity contribution in [2.75, 3.05) is 0 Å². The van der Waals surface area contributed by atoms with E-state index in [1.807, 2.05) is 43.5 Å². The zero-order chi connectivity index (χ0) is 9.97. The maximum atomic E-state index is 11.4. The standard InChI is InChI=1S/C11H12N2O/c1-2-13-8-10(12-11(13)14)9-6-4-3-5-7-9/h3-8H,2H2,1H3,(H,12,14). The molecule has 0 saturated heterocycles. The topological polar surface area (TPSA) is 37.8 Å². The molecule has 0 amide bonds. The van der Waals surface area contributed by atoms with E-state index >= 15 is 0 Å². The number of aromatic amines is 1. The fourth-order valence-corrected chi connectivity index (χ4v) is 1.43. The fraction of sp³-hybridized carbons (Fsp3) is 0.182. The van der Waals surface area contributed by atoms with Crippen LogP contribution in [-0.4, -0.2) is 9.55 Å². The zero-order valence-electron chi connectivity index (χ0n) is 8.03. The lowest BCUT2D eigenvalue weighted by Gasteiger charge is -1.94. The summed E-state index contributed by atoms with van der Waals surface area (Å²) >= 11 is 0. The minimum Gasteiger partial charge on any atom is -0.306 e. The molecule has 0 unspecified atom stereocenters. The van der Waals surface area contributed by atoms with Crippen molar-refractivity contribution < 1.29 is 0 Å². The van der Waals surface area contributed by atoms with Gasteiger partial charge in [0.25, 0.3) is 0 Å². The van der Waals surface area contributed by atoms with Gasteiger partial charge in [0.15, 0.2) is 0 Å². The molecule has 0 aliphatic rings. The lowest BCUT2D eigenvalue weighted by atomic mass is 10.2. The number of benzene rings is 1. The molecule has 1 heterocycles. The van der Waals surface area contributed by atoms with Gasteiger partial charge in [-0.3, -0.25) is 4.57 Å². The number of nitrogens with one attached hydrogen (secondary N) is 1. The number of rotatable bonds is 2. The summed E-state index contributed by atoms with van der Waals surface area (Å²) < 4.78 is 1.66. The molecule has 2 rings (SSSR count). The van der Waals surface area contributed by atoms with E-state index in [4.69, 9.17) is 0 Å². The molecule has 0 atom stereocenters. The first-order chi connectivity index (χ1) is 6.81. The Bertz CT molecular complexity index is 468. The van der Waals surface area contributed by atoms with Crippen LogP contribution in [0.25, 0.3) is 11.3 Å². The normalized spacial score (nSPS) is 10.4. The second-order valence-corrected chi connectivity index (χ2v) is 3.12. The van der Waals surface area contributed by atoms with E-state index in [0.29, 0.717) is 6.54 Å². The van der Waals surface area contributed by atoms with Crippen LogP contribution in [0.1, 0.15) is 6.92 Å². The lowest BCUT2D eigenvalue weighted by molar-refractivity contribution is 0.730. The van der Waals surface area contributed by atoms with Gasteiger partial charge in [-0.15, -0.1) is 0 Å². The number of H-pyrrole nitrogens is 1. The van der Waals surface area contributed by atoms with Crippen LogP contribution in [0.5, 0.6) is 0 Å². The van der Waals surface area contributed by atoms with Crippen LogP contribution in [0.15, 0.2) is 41.3 Å². The minimum absolute atomic E-state index is 0.0497. The molecule has 14 heavy (non-hydrogen) atoms. The van der Waals surface area contributed by atoms with Gasteiger partial charge in [0.05, 0.1) is 5.69 Å². The molecule has 0 aliphatic carbocycles. The number of aryl methyl sites for hydroxylation is 1. The number of hydrogen-bond donors (Lipinski definition) is 1. The maximum absolute atomic E-state index is 11.4. The first-order valence-electron chi connectivity index (χ1n) is 4.66. The summed E-state index contributed by atoms with van der Waals surface area (Å²) in [7, 11) is 0. The van der Waals surface area contributed by atoms with E-state index in [1.165, 1.54) is 0 Å². The summed E-state index contributed by atoms with van der Waals surface area (Å²) in [4.78, 5) is 14.2. The predicted octanol–water partition coefficient (Wildman–Crippen LogP) is 1.86. The molecular weight excluding hydrogens is 176 g/mol. The van der Waals surface area contributed by atoms with Crippen LogP contribution in [0.2, 0.25) is 0 Å². The van der Waals surface area contributed by atoms with Crippen molar-refractivity contribution in [2.24, 2.45) is 0 Å². The van der Waals surface area contributed by atoms with Crippen molar-refractivity contribution in [3.8, 4) is 11.3 Å². The van der Waals surface area contributed by atoms with Gasteiger partial charge in [0.1, 0.15) is 0 Å². The van der Waals surface area contributed by atoms with Gasteiger partial charge in [-0.25, -0.2) is 4.79 Å².